The van der Waals surface area contributed by atoms with Gasteiger partial charge >= 0.3 is 0 Å². The van der Waals surface area contributed by atoms with Crippen molar-refractivity contribution in [2.24, 2.45) is 10.7 Å². The van der Waals surface area contributed by atoms with E-state index in [1.807, 2.05) is 22.4 Å². The molecular formula is C14H13F2N3S. The van der Waals surface area contributed by atoms with E-state index in [1.54, 1.807) is 17.4 Å². The van der Waals surface area contributed by atoms with Gasteiger partial charge in [-0.3, -0.25) is 4.99 Å². The average molecular weight is 293 g/mol. The van der Waals surface area contributed by atoms with E-state index >= 15 is 0 Å². The number of aliphatic imine (C=N–C) groups is 1. The molecule has 2 N–H and O–H groups in total. The van der Waals surface area contributed by atoms with Crippen LogP contribution in [0.1, 0.15) is 16.5 Å². The second kappa shape index (κ2) is 5.20. The SMILES string of the molecule is NC1=NCC(c2cccc(F)c2F)N1Cc1cccs1. The Hall–Kier alpha value is -1.95. The summed E-state index contributed by atoms with van der Waals surface area (Å²) in [4.78, 5) is 7.08. The molecule has 0 spiro atoms. The number of guanidine groups is 1. The molecule has 3 nitrogen and oxygen atoms in total. The van der Waals surface area contributed by atoms with E-state index in [1.165, 1.54) is 6.07 Å². The van der Waals surface area contributed by atoms with Gasteiger partial charge in [0.05, 0.1) is 19.1 Å². The fourth-order valence-electron chi connectivity index (χ4n) is 2.33. The molecule has 0 aliphatic carbocycles. The quantitative estimate of drug-likeness (QED) is 0.945. The van der Waals surface area contributed by atoms with Gasteiger partial charge in [-0.1, -0.05) is 18.2 Å². The van der Waals surface area contributed by atoms with Crippen molar-refractivity contribution in [2.75, 3.05) is 6.54 Å². The molecule has 2 heterocycles. The third kappa shape index (κ3) is 2.27. The largest absolute Gasteiger partial charge is 0.370 e. The zero-order chi connectivity index (χ0) is 14.1. The van der Waals surface area contributed by atoms with Crippen LogP contribution in [-0.4, -0.2) is 17.4 Å². The lowest BCUT2D eigenvalue weighted by molar-refractivity contribution is 0.330. The lowest BCUT2D eigenvalue weighted by atomic mass is 10.1. The van der Waals surface area contributed by atoms with Crippen LogP contribution in [0.4, 0.5) is 8.78 Å². The van der Waals surface area contributed by atoms with Gasteiger partial charge in [0.25, 0.3) is 0 Å². The molecule has 1 atom stereocenters. The summed E-state index contributed by atoms with van der Waals surface area (Å²) in [5, 5.41) is 1.97. The van der Waals surface area contributed by atoms with Crippen LogP contribution in [0.25, 0.3) is 0 Å². The second-order valence-corrected chi connectivity index (χ2v) is 5.60. The molecule has 0 fully saturated rings. The first-order valence-corrected chi connectivity index (χ1v) is 7.07. The number of nitrogens with zero attached hydrogens (tertiary/aromatic N) is 2. The van der Waals surface area contributed by atoms with E-state index < -0.39 is 11.6 Å². The van der Waals surface area contributed by atoms with Gasteiger partial charge in [0, 0.05) is 10.4 Å². The first kappa shape index (κ1) is 13.1. The zero-order valence-electron chi connectivity index (χ0n) is 10.6. The summed E-state index contributed by atoms with van der Waals surface area (Å²) in [6, 6.07) is 7.77. The monoisotopic (exact) mass is 293 g/mol. The molecule has 104 valence electrons. The predicted octanol–water partition coefficient (Wildman–Crippen LogP) is 2.90. The van der Waals surface area contributed by atoms with E-state index in [9.17, 15) is 8.78 Å². The normalized spacial score (nSPS) is 18.4. The molecular weight excluding hydrogens is 280 g/mol. The fraction of sp³-hybridized carbons (Fsp3) is 0.214. The van der Waals surface area contributed by atoms with Gasteiger partial charge in [-0.2, -0.15) is 0 Å². The summed E-state index contributed by atoms with van der Waals surface area (Å²) in [5.41, 5.74) is 6.17. The van der Waals surface area contributed by atoms with E-state index in [0.29, 0.717) is 24.6 Å². The molecule has 6 heteroatoms. The van der Waals surface area contributed by atoms with Gasteiger partial charge in [-0.05, 0) is 17.5 Å². The van der Waals surface area contributed by atoms with Crippen LogP contribution in [0, 0.1) is 11.6 Å². The molecule has 3 rings (SSSR count). The van der Waals surface area contributed by atoms with Crippen LogP contribution >= 0.6 is 11.3 Å². The van der Waals surface area contributed by atoms with Crippen LogP contribution in [0.2, 0.25) is 0 Å². The highest BCUT2D eigenvalue weighted by atomic mass is 32.1. The van der Waals surface area contributed by atoms with Crippen molar-refractivity contribution in [1.29, 1.82) is 0 Å². The van der Waals surface area contributed by atoms with Gasteiger partial charge < -0.3 is 10.6 Å². The van der Waals surface area contributed by atoms with Gasteiger partial charge in [0.1, 0.15) is 0 Å². The topological polar surface area (TPSA) is 41.6 Å². The molecule has 1 aliphatic heterocycles. The number of hydrogen-bond acceptors (Lipinski definition) is 4. The van der Waals surface area contributed by atoms with Crippen molar-refractivity contribution in [2.45, 2.75) is 12.6 Å². The van der Waals surface area contributed by atoms with Crippen LogP contribution in [0.3, 0.4) is 0 Å². The van der Waals surface area contributed by atoms with Crippen molar-refractivity contribution in [3.63, 3.8) is 0 Å². The Morgan fingerprint density at radius 1 is 1.30 bits per heavy atom. The maximum Gasteiger partial charge on any atom is 0.192 e. The molecule has 1 unspecified atom stereocenters. The van der Waals surface area contributed by atoms with Gasteiger partial charge in [-0.15, -0.1) is 11.3 Å². The van der Waals surface area contributed by atoms with Crippen molar-refractivity contribution in [3.8, 4) is 0 Å². The van der Waals surface area contributed by atoms with Crippen LogP contribution in [0.5, 0.6) is 0 Å². The molecule has 1 aromatic carbocycles. The lowest BCUT2D eigenvalue weighted by Gasteiger charge is -2.26. The van der Waals surface area contributed by atoms with E-state index in [-0.39, 0.29) is 6.04 Å². The minimum atomic E-state index is -0.843. The molecule has 1 aromatic heterocycles. The summed E-state index contributed by atoms with van der Waals surface area (Å²) in [5.74, 6) is -1.30. The number of benzene rings is 1. The van der Waals surface area contributed by atoms with E-state index in [2.05, 4.69) is 4.99 Å². The number of rotatable bonds is 3. The molecule has 1 aliphatic rings. The van der Waals surface area contributed by atoms with Crippen molar-refractivity contribution in [3.05, 3.63) is 57.8 Å². The Bertz CT molecular complexity index is 640. The Kier molecular flexibility index (Phi) is 3.40. The number of thiophene rings is 1. The average Bonchev–Trinajstić information content (AvgIpc) is 3.06. The minimum absolute atomic E-state index is 0.297. The van der Waals surface area contributed by atoms with Crippen molar-refractivity contribution in [1.82, 2.24) is 4.90 Å². The Balaban J connectivity index is 1.91. The standard InChI is InChI=1S/C14H13F2N3S/c15-11-5-1-4-10(13(11)16)12-7-18-14(17)19(12)8-9-3-2-6-20-9/h1-6,12H,7-8H2,(H2,17,18). The predicted molar refractivity (Wildman–Crippen MR) is 75.5 cm³/mol. The summed E-state index contributed by atoms with van der Waals surface area (Å²) >= 11 is 1.60. The molecule has 0 saturated carbocycles. The maximum absolute atomic E-state index is 13.9. The van der Waals surface area contributed by atoms with E-state index in [4.69, 9.17) is 5.73 Å². The highest BCUT2D eigenvalue weighted by molar-refractivity contribution is 7.09. The van der Waals surface area contributed by atoms with Crippen molar-refractivity contribution >= 4 is 17.3 Å². The second-order valence-electron chi connectivity index (χ2n) is 4.56. The van der Waals surface area contributed by atoms with Crippen molar-refractivity contribution < 1.29 is 8.78 Å². The molecule has 0 saturated heterocycles. The Morgan fingerprint density at radius 2 is 2.15 bits per heavy atom. The third-order valence-corrected chi connectivity index (χ3v) is 4.20. The summed E-state index contributed by atoms with van der Waals surface area (Å²) < 4.78 is 27.3. The number of hydrogen-bond donors (Lipinski definition) is 1. The molecule has 0 amide bonds. The van der Waals surface area contributed by atoms with Crippen LogP contribution in [-0.2, 0) is 6.54 Å². The maximum atomic E-state index is 13.9. The summed E-state index contributed by atoms with van der Waals surface area (Å²) in [6.45, 7) is 0.894. The summed E-state index contributed by atoms with van der Waals surface area (Å²) in [7, 11) is 0. The first-order valence-electron chi connectivity index (χ1n) is 6.19. The molecule has 20 heavy (non-hydrogen) atoms. The fourth-order valence-corrected chi connectivity index (χ4v) is 3.04. The van der Waals surface area contributed by atoms with Crippen LogP contribution in [0.15, 0.2) is 40.7 Å². The van der Waals surface area contributed by atoms with E-state index in [0.717, 1.165) is 10.9 Å². The smallest absolute Gasteiger partial charge is 0.192 e. The van der Waals surface area contributed by atoms with Gasteiger partial charge in [0.15, 0.2) is 17.6 Å². The zero-order valence-corrected chi connectivity index (χ0v) is 11.4. The minimum Gasteiger partial charge on any atom is -0.370 e. The molecule has 2 aromatic rings. The lowest BCUT2D eigenvalue weighted by Crippen LogP contribution is -2.35. The number of nitrogens with two attached hydrogens (primary N) is 1. The highest BCUT2D eigenvalue weighted by Crippen LogP contribution is 2.30. The third-order valence-electron chi connectivity index (χ3n) is 3.34. The summed E-state index contributed by atoms with van der Waals surface area (Å²) in [6.07, 6.45) is 0. The highest BCUT2D eigenvalue weighted by Gasteiger charge is 2.30. The Labute approximate surface area is 119 Å². The van der Waals surface area contributed by atoms with Gasteiger partial charge in [0.2, 0.25) is 0 Å². The first-order chi connectivity index (χ1) is 9.66. The molecule has 0 bridgehead atoms. The molecule has 0 radical (unpaired) electrons. The van der Waals surface area contributed by atoms with Crippen LogP contribution < -0.4 is 5.73 Å². The van der Waals surface area contributed by atoms with Gasteiger partial charge in [-0.25, -0.2) is 8.78 Å². The number of halogens is 2. The Morgan fingerprint density at radius 3 is 2.90 bits per heavy atom.